The van der Waals surface area contributed by atoms with Crippen molar-refractivity contribution < 1.29 is 4.74 Å². The van der Waals surface area contributed by atoms with Crippen LogP contribution < -0.4 is 0 Å². The van der Waals surface area contributed by atoms with E-state index in [4.69, 9.17) is 11.2 Å². The zero-order valence-electron chi connectivity index (χ0n) is 10.7. The third-order valence-electron chi connectivity index (χ3n) is 3.32. The van der Waals surface area contributed by atoms with Gasteiger partial charge in [-0.2, -0.15) is 0 Å². The zero-order valence-corrected chi connectivity index (χ0v) is 10.7. The Morgan fingerprint density at radius 3 is 3.00 bits per heavy atom. The molecule has 0 unspecified atom stereocenters. The SMILES string of the molecule is C#CCn1c(CN2CCOCC2)nc2ncccc21. The molecule has 2 aromatic rings. The summed E-state index contributed by atoms with van der Waals surface area (Å²) in [7, 11) is 0. The van der Waals surface area contributed by atoms with Crippen LogP contribution in [0.4, 0.5) is 0 Å². The van der Waals surface area contributed by atoms with Crippen LogP contribution in [0.15, 0.2) is 18.3 Å². The second kappa shape index (κ2) is 5.39. The predicted octanol–water partition coefficient (Wildman–Crippen LogP) is 0.897. The molecular weight excluding hydrogens is 240 g/mol. The highest BCUT2D eigenvalue weighted by Gasteiger charge is 2.16. The first-order valence-corrected chi connectivity index (χ1v) is 6.42. The average molecular weight is 256 g/mol. The molecule has 0 aromatic carbocycles. The van der Waals surface area contributed by atoms with Gasteiger partial charge in [0.2, 0.25) is 0 Å². The summed E-state index contributed by atoms with van der Waals surface area (Å²) in [5, 5.41) is 0. The van der Waals surface area contributed by atoms with Gasteiger partial charge in [0.25, 0.3) is 0 Å². The van der Waals surface area contributed by atoms with E-state index in [9.17, 15) is 0 Å². The maximum atomic E-state index is 5.46. The second-order valence-corrected chi connectivity index (χ2v) is 4.55. The predicted molar refractivity (Wildman–Crippen MR) is 72.5 cm³/mol. The molecule has 0 bridgehead atoms. The van der Waals surface area contributed by atoms with Crippen LogP contribution in [0.1, 0.15) is 5.82 Å². The largest absolute Gasteiger partial charge is 0.379 e. The van der Waals surface area contributed by atoms with Crippen molar-refractivity contribution in [2.24, 2.45) is 0 Å². The smallest absolute Gasteiger partial charge is 0.177 e. The molecule has 0 radical (unpaired) electrons. The van der Waals surface area contributed by atoms with Gasteiger partial charge in [-0.15, -0.1) is 6.42 Å². The van der Waals surface area contributed by atoms with Gasteiger partial charge in [-0.05, 0) is 12.1 Å². The van der Waals surface area contributed by atoms with Crippen molar-refractivity contribution in [1.82, 2.24) is 19.4 Å². The van der Waals surface area contributed by atoms with Gasteiger partial charge in [0.15, 0.2) is 5.65 Å². The molecule has 0 aliphatic carbocycles. The molecule has 0 amide bonds. The van der Waals surface area contributed by atoms with Crippen molar-refractivity contribution >= 4 is 11.2 Å². The fourth-order valence-corrected chi connectivity index (χ4v) is 2.35. The number of morpholine rings is 1. The van der Waals surface area contributed by atoms with Crippen molar-refractivity contribution in [2.75, 3.05) is 26.3 Å². The molecule has 98 valence electrons. The Morgan fingerprint density at radius 1 is 1.37 bits per heavy atom. The molecule has 0 N–H and O–H groups in total. The number of hydrogen-bond donors (Lipinski definition) is 0. The first kappa shape index (κ1) is 12.2. The molecule has 0 atom stereocenters. The number of hydrogen-bond acceptors (Lipinski definition) is 4. The number of aromatic nitrogens is 3. The third kappa shape index (κ3) is 2.46. The minimum absolute atomic E-state index is 0.530. The molecule has 1 fully saturated rings. The number of terminal acetylenes is 1. The first-order chi connectivity index (χ1) is 9.38. The van der Waals surface area contributed by atoms with E-state index in [1.54, 1.807) is 6.20 Å². The molecule has 0 saturated carbocycles. The summed E-state index contributed by atoms with van der Waals surface area (Å²) in [6.45, 7) is 4.77. The van der Waals surface area contributed by atoms with Crippen LogP contribution in [0.3, 0.4) is 0 Å². The molecule has 1 aliphatic heterocycles. The quantitative estimate of drug-likeness (QED) is 0.765. The van der Waals surface area contributed by atoms with Crippen LogP contribution in [0.2, 0.25) is 0 Å². The lowest BCUT2D eigenvalue weighted by Gasteiger charge is -2.26. The Bertz CT molecular complexity index is 607. The Balaban J connectivity index is 1.92. The van der Waals surface area contributed by atoms with E-state index in [2.05, 4.69) is 25.4 Å². The molecule has 3 rings (SSSR count). The van der Waals surface area contributed by atoms with Crippen molar-refractivity contribution in [3.63, 3.8) is 0 Å². The van der Waals surface area contributed by atoms with Crippen LogP contribution in [-0.4, -0.2) is 45.7 Å². The van der Waals surface area contributed by atoms with Gasteiger partial charge in [0.1, 0.15) is 5.82 Å². The second-order valence-electron chi connectivity index (χ2n) is 4.55. The van der Waals surface area contributed by atoms with E-state index in [1.165, 1.54) is 0 Å². The van der Waals surface area contributed by atoms with Gasteiger partial charge < -0.3 is 9.30 Å². The molecule has 2 aromatic heterocycles. The molecule has 5 heteroatoms. The molecule has 19 heavy (non-hydrogen) atoms. The Kier molecular flexibility index (Phi) is 3.45. The minimum atomic E-state index is 0.530. The summed E-state index contributed by atoms with van der Waals surface area (Å²) in [5.74, 6) is 3.67. The van der Waals surface area contributed by atoms with E-state index < -0.39 is 0 Å². The lowest BCUT2D eigenvalue weighted by molar-refractivity contribution is 0.0327. The van der Waals surface area contributed by atoms with Crippen molar-refractivity contribution in [2.45, 2.75) is 13.1 Å². The Labute approximate surface area is 112 Å². The zero-order chi connectivity index (χ0) is 13.1. The third-order valence-corrected chi connectivity index (χ3v) is 3.32. The van der Waals surface area contributed by atoms with E-state index in [0.29, 0.717) is 6.54 Å². The van der Waals surface area contributed by atoms with Gasteiger partial charge in [0.05, 0.1) is 31.8 Å². The number of imidazole rings is 1. The fraction of sp³-hybridized carbons (Fsp3) is 0.429. The Hall–Kier alpha value is -1.90. The maximum Gasteiger partial charge on any atom is 0.177 e. The van der Waals surface area contributed by atoms with Crippen molar-refractivity contribution in [3.8, 4) is 12.3 Å². The van der Waals surface area contributed by atoms with Gasteiger partial charge in [0, 0.05) is 19.3 Å². The molecular formula is C14H16N4O. The van der Waals surface area contributed by atoms with Crippen LogP contribution in [0, 0.1) is 12.3 Å². The van der Waals surface area contributed by atoms with Crippen LogP contribution in [-0.2, 0) is 17.8 Å². The number of pyridine rings is 1. The molecule has 0 spiro atoms. The summed E-state index contributed by atoms with van der Waals surface area (Å²) < 4.78 is 7.43. The van der Waals surface area contributed by atoms with Gasteiger partial charge in [-0.1, -0.05) is 5.92 Å². The van der Waals surface area contributed by atoms with Crippen LogP contribution in [0.5, 0.6) is 0 Å². The van der Waals surface area contributed by atoms with Crippen LogP contribution >= 0.6 is 0 Å². The van der Waals surface area contributed by atoms with E-state index in [0.717, 1.165) is 49.8 Å². The highest BCUT2D eigenvalue weighted by atomic mass is 16.5. The van der Waals surface area contributed by atoms with Crippen molar-refractivity contribution in [3.05, 3.63) is 24.2 Å². The number of ether oxygens (including phenoxy) is 1. The number of fused-ring (bicyclic) bond motifs is 1. The fourth-order valence-electron chi connectivity index (χ4n) is 2.35. The molecule has 1 aliphatic rings. The van der Waals surface area contributed by atoms with E-state index in [-0.39, 0.29) is 0 Å². The molecule has 5 nitrogen and oxygen atoms in total. The normalized spacial score (nSPS) is 16.6. The highest BCUT2D eigenvalue weighted by Crippen LogP contribution is 2.15. The maximum absolute atomic E-state index is 5.46. The molecule has 3 heterocycles. The van der Waals surface area contributed by atoms with Gasteiger partial charge in [-0.25, -0.2) is 9.97 Å². The van der Waals surface area contributed by atoms with Crippen molar-refractivity contribution in [1.29, 1.82) is 0 Å². The Morgan fingerprint density at radius 2 is 2.21 bits per heavy atom. The summed E-state index contributed by atoms with van der Waals surface area (Å²) >= 11 is 0. The summed E-state index contributed by atoms with van der Waals surface area (Å²) in [6, 6.07) is 3.92. The summed E-state index contributed by atoms with van der Waals surface area (Å²) in [6.07, 6.45) is 7.22. The van der Waals surface area contributed by atoms with Crippen LogP contribution in [0.25, 0.3) is 11.2 Å². The average Bonchev–Trinajstić information content (AvgIpc) is 2.79. The monoisotopic (exact) mass is 256 g/mol. The topological polar surface area (TPSA) is 43.2 Å². The lowest BCUT2D eigenvalue weighted by atomic mass is 10.4. The van der Waals surface area contributed by atoms with Gasteiger partial charge in [-0.3, -0.25) is 4.90 Å². The first-order valence-electron chi connectivity index (χ1n) is 6.42. The minimum Gasteiger partial charge on any atom is -0.379 e. The molecule has 1 saturated heterocycles. The van der Waals surface area contributed by atoms with E-state index in [1.807, 2.05) is 12.1 Å². The highest BCUT2D eigenvalue weighted by molar-refractivity contribution is 5.71. The lowest BCUT2D eigenvalue weighted by Crippen LogP contribution is -2.36. The summed E-state index contributed by atoms with van der Waals surface area (Å²) in [4.78, 5) is 11.2. The summed E-state index contributed by atoms with van der Waals surface area (Å²) in [5.41, 5.74) is 1.77. The number of rotatable bonds is 3. The standard InChI is InChI=1S/C14H16N4O/c1-2-6-18-12-4-3-5-15-14(12)16-13(18)11-17-7-9-19-10-8-17/h1,3-5H,6-11H2. The van der Waals surface area contributed by atoms with E-state index >= 15 is 0 Å². The van der Waals surface area contributed by atoms with Gasteiger partial charge >= 0.3 is 0 Å². The number of nitrogens with zero attached hydrogens (tertiary/aromatic N) is 4.